The highest BCUT2D eigenvalue weighted by Crippen LogP contribution is 2.17. The summed E-state index contributed by atoms with van der Waals surface area (Å²) in [7, 11) is 2.34. The Hall–Kier alpha value is -1.19. The van der Waals surface area contributed by atoms with Crippen molar-refractivity contribution >= 4 is 33.8 Å². The number of nitrogens with one attached hydrogen (secondary N) is 1. The van der Waals surface area contributed by atoms with Crippen LogP contribution in [-0.4, -0.2) is 55.1 Å². The molecule has 0 aliphatic heterocycles. The van der Waals surface area contributed by atoms with Crippen molar-refractivity contribution in [1.82, 2.24) is 5.32 Å². The lowest BCUT2D eigenvalue weighted by Crippen LogP contribution is -2.64. The Balaban J connectivity index is 5.44. The van der Waals surface area contributed by atoms with Crippen molar-refractivity contribution in [3.63, 3.8) is 0 Å². The molecule has 24 heavy (non-hydrogen) atoms. The van der Waals surface area contributed by atoms with E-state index in [2.05, 4.69) is 26.1 Å². The van der Waals surface area contributed by atoms with Crippen LogP contribution < -0.4 is 5.32 Å². The van der Waals surface area contributed by atoms with E-state index < -0.39 is 35.6 Å². The topological polar surface area (TPSA) is 100 Å². The summed E-state index contributed by atoms with van der Waals surface area (Å²) in [4.78, 5) is 46.2. The molecule has 0 aliphatic rings. The lowest BCUT2D eigenvalue weighted by atomic mass is 9.91. The van der Waals surface area contributed by atoms with Gasteiger partial charge in [0.1, 0.15) is 12.2 Å². The highest BCUT2D eigenvalue weighted by molar-refractivity contribution is 9.09. The third-order valence-electron chi connectivity index (χ3n) is 2.90. The summed E-state index contributed by atoms with van der Waals surface area (Å²) in [5.41, 5.74) is -2.83. The lowest BCUT2D eigenvalue weighted by molar-refractivity contribution is -0.281. The summed E-state index contributed by atoms with van der Waals surface area (Å²) in [6.07, 6.45) is 0.400. The smallest absolute Gasteiger partial charge is 0.408 e. The number of methoxy groups -OCH3 is 1. The summed E-state index contributed by atoms with van der Waals surface area (Å²) >= 11 is 3.27. The summed E-state index contributed by atoms with van der Waals surface area (Å²) < 4.78 is 9.83. The molecule has 0 saturated carbocycles. The first-order valence-electron chi connectivity index (χ1n) is 7.47. The zero-order valence-electron chi connectivity index (χ0n) is 14.8. The van der Waals surface area contributed by atoms with E-state index in [-0.39, 0.29) is 6.42 Å². The quantitative estimate of drug-likeness (QED) is 0.147. The van der Waals surface area contributed by atoms with Crippen LogP contribution in [0, 0.1) is 0 Å². The van der Waals surface area contributed by atoms with Crippen molar-refractivity contribution in [3.8, 4) is 0 Å². The molecule has 1 unspecified atom stereocenters. The number of rotatable bonds is 10. The van der Waals surface area contributed by atoms with Gasteiger partial charge in [-0.1, -0.05) is 15.9 Å². The molecule has 1 amide bonds. The Morgan fingerprint density at radius 2 is 1.71 bits per heavy atom. The lowest BCUT2D eigenvalue weighted by Gasteiger charge is -2.30. The molecule has 0 bridgehead atoms. The molecule has 0 fully saturated rings. The number of amides is 1. The Bertz CT molecular complexity index is 436. The molecule has 0 radical (unpaired) electrons. The van der Waals surface area contributed by atoms with Gasteiger partial charge in [0, 0.05) is 11.8 Å². The van der Waals surface area contributed by atoms with E-state index in [9.17, 15) is 14.4 Å². The Kier molecular flexibility index (Phi) is 10.1. The number of esters is 1. The van der Waals surface area contributed by atoms with E-state index in [4.69, 9.17) is 14.4 Å². The third-order valence-corrected chi connectivity index (χ3v) is 3.47. The fraction of sp³-hybridized carbons (Fsp3) is 0.800. The predicted octanol–water partition coefficient (Wildman–Crippen LogP) is 2.14. The largest absolute Gasteiger partial charge is 0.467 e. The number of ether oxygens (including phenoxy) is 2. The summed E-state index contributed by atoms with van der Waals surface area (Å²) in [6.45, 7) is 4.46. The zero-order chi connectivity index (χ0) is 18.8. The number of hydrogen-bond acceptors (Lipinski definition) is 7. The maximum absolute atomic E-state index is 12.6. The highest BCUT2D eigenvalue weighted by atomic mass is 79.9. The van der Waals surface area contributed by atoms with Crippen LogP contribution in [0.5, 0.6) is 0 Å². The first-order chi connectivity index (χ1) is 11.1. The second-order valence-corrected chi connectivity index (χ2v) is 6.81. The van der Waals surface area contributed by atoms with Crippen LogP contribution >= 0.6 is 15.9 Å². The molecular formula is C15H26BrNO7. The molecule has 0 aromatic heterocycles. The van der Waals surface area contributed by atoms with Gasteiger partial charge in [-0.15, -0.1) is 0 Å². The number of alkyl halides is 1. The molecule has 140 valence electrons. The molecule has 0 saturated heterocycles. The van der Waals surface area contributed by atoms with Crippen LogP contribution in [-0.2, 0) is 28.8 Å². The van der Waals surface area contributed by atoms with E-state index in [0.717, 1.165) is 18.9 Å². The summed E-state index contributed by atoms with van der Waals surface area (Å²) in [5, 5.41) is 3.02. The van der Waals surface area contributed by atoms with E-state index in [1.165, 1.54) is 7.11 Å². The summed E-state index contributed by atoms with van der Waals surface area (Å²) in [5.74, 6) is -1.49. The van der Waals surface area contributed by atoms with Gasteiger partial charge in [0.25, 0.3) is 0 Å². The van der Waals surface area contributed by atoms with E-state index in [0.29, 0.717) is 6.42 Å². The van der Waals surface area contributed by atoms with Gasteiger partial charge in [0.2, 0.25) is 5.54 Å². The number of hydrogen-bond donors (Lipinski definition) is 1. The summed E-state index contributed by atoms with van der Waals surface area (Å²) in [6, 6.07) is 0. The molecular weight excluding hydrogens is 386 g/mol. The van der Waals surface area contributed by atoms with Gasteiger partial charge in [-0.05, 0) is 33.6 Å². The average molecular weight is 412 g/mol. The maximum atomic E-state index is 12.6. The molecule has 8 nitrogen and oxygen atoms in total. The fourth-order valence-electron chi connectivity index (χ4n) is 1.80. The van der Waals surface area contributed by atoms with Gasteiger partial charge in [0.05, 0.1) is 14.2 Å². The normalized spacial score (nSPS) is 13.8. The zero-order valence-corrected chi connectivity index (χ0v) is 16.4. The standard InChI is InChI=1S/C15H26BrNO7/c1-14(2,3)24-13(20)17-15(10-23-22-5,12(19)21-4)11(18)8-6-7-9-16/h6-10H2,1-5H3,(H,17,20). The number of unbranched alkanes of at least 4 members (excludes halogenated alkanes) is 1. The molecule has 9 heteroatoms. The van der Waals surface area contributed by atoms with Crippen molar-refractivity contribution in [3.05, 3.63) is 0 Å². The second-order valence-electron chi connectivity index (χ2n) is 6.02. The molecule has 1 atom stereocenters. The molecule has 0 heterocycles. The third kappa shape index (κ3) is 7.59. The van der Waals surface area contributed by atoms with Gasteiger partial charge in [-0.25, -0.2) is 19.4 Å². The number of ketones is 1. The van der Waals surface area contributed by atoms with Crippen LogP contribution in [0.3, 0.4) is 0 Å². The monoisotopic (exact) mass is 411 g/mol. The van der Waals surface area contributed by atoms with Crippen LogP contribution in [0.25, 0.3) is 0 Å². The van der Waals surface area contributed by atoms with E-state index in [1.807, 2.05) is 0 Å². The van der Waals surface area contributed by atoms with E-state index in [1.54, 1.807) is 20.8 Å². The Labute approximate surface area is 150 Å². The first-order valence-corrected chi connectivity index (χ1v) is 8.59. The van der Waals surface area contributed by atoms with Crippen molar-refractivity contribution < 1.29 is 33.6 Å². The van der Waals surface area contributed by atoms with Gasteiger partial charge < -0.3 is 9.47 Å². The second kappa shape index (κ2) is 10.6. The number of carbonyl (C=O) groups excluding carboxylic acids is 3. The SMILES string of the molecule is COOCC(NC(=O)OC(C)(C)C)(C(=O)CCCCBr)C(=O)OC. The molecule has 0 aromatic rings. The van der Waals surface area contributed by atoms with Crippen LogP contribution in [0.4, 0.5) is 4.79 Å². The Morgan fingerprint density at radius 3 is 2.17 bits per heavy atom. The van der Waals surface area contributed by atoms with Gasteiger partial charge in [-0.2, -0.15) is 0 Å². The predicted molar refractivity (Wildman–Crippen MR) is 89.7 cm³/mol. The minimum Gasteiger partial charge on any atom is -0.467 e. The van der Waals surface area contributed by atoms with Crippen LogP contribution in [0.15, 0.2) is 0 Å². The van der Waals surface area contributed by atoms with Crippen molar-refractivity contribution in [1.29, 1.82) is 0 Å². The van der Waals surface area contributed by atoms with Gasteiger partial charge >= 0.3 is 12.1 Å². The molecule has 0 aromatic carbocycles. The van der Waals surface area contributed by atoms with Gasteiger partial charge in [-0.3, -0.25) is 10.1 Å². The van der Waals surface area contributed by atoms with E-state index >= 15 is 0 Å². The molecule has 0 aliphatic carbocycles. The number of Topliss-reactive ketones (excluding diaryl/α,β-unsaturated/α-hetero) is 1. The number of halogens is 1. The number of carbonyl (C=O) groups is 3. The van der Waals surface area contributed by atoms with Gasteiger partial charge in [0.15, 0.2) is 5.78 Å². The fourth-order valence-corrected chi connectivity index (χ4v) is 2.20. The first kappa shape index (κ1) is 22.8. The van der Waals surface area contributed by atoms with Crippen molar-refractivity contribution in [2.75, 3.05) is 26.2 Å². The van der Waals surface area contributed by atoms with Crippen molar-refractivity contribution in [2.45, 2.75) is 51.2 Å². The Morgan fingerprint density at radius 1 is 1.08 bits per heavy atom. The molecule has 1 N–H and O–H groups in total. The van der Waals surface area contributed by atoms with Crippen LogP contribution in [0.2, 0.25) is 0 Å². The molecule has 0 rings (SSSR count). The van der Waals surface area contributed by atoms with Crippen LogP contribution in [0.1, 0.15) is 40.0 Å². The minimum atomic E-state index is -2.03. The minimum absolute atomic E-state index is 0.0591. The van der Waals surface area contributed by atoms with Crippen molar-refractivity contribution in [2.24, 2.45) is 0 Å². The molecule has 0 spiro atoms. The average Bonchev–Trinajstić information content (AvgIpc) is 2.48. The maximum Gasteiger partial charge on any atom is 0.408 e. The number of alkyl carbamates (subject to hydrolysis) is 1. The highest BCUT2D eigenvalue weighted by Gasteiger charge is 2.49.